The maximum Gasteiger partial charge on any atom is 0.0701 e. The summed E-state index contributed by atoms with van der Waals surface area (Å²) in [5, 5.41) is 4.36. The van der Waals surface area contributed by atoms with Crippen molar-refractivity contribution in [1.82, 2.24) is 9.78 Å². The average molecular weight is 242 g/mol. The summed E-state index contributed by atoms with van der Waals surface area (Å²) >= 11 is 0. The van der Waals surface area contributed by atoms with Crippen molar-refractivity contribution in [3.63, 3.8) is 0 Å². The fraction of sp³-hybridized carbons (Fsp3) is 0.750. The molecule has 1 rings (SSSR count). The van der Waals surface area contributed by atoms with Crippen LogP contribution in [-0.4, -0.2) is 49.9 Å². The fourth-order valence-corrected chi connectivity index (χ4v) is 1.52. The molecule has 0 aliphatic rings. The first-order valence-electron chi connectivity index (χ1n) is 5.89. The lowest BCUT2D eigenvalue weighted by Gasteiger charge is -2.06. The highest BCUT2D eigenvalue weighted by Crippen LogP contribution is 2.00. The van der Waals surface area contributed by atoms with Gasteiger partial charge < -0.3 is 14.2 Å². The average Bonchev–Trinajstić information content (AvgIpc) is 2.61. The Hall–Kier alpha value is -0.910. The second-order valence-electron chi connectivity index (χ2n) is 3.87. The second kappa shape index (κ2) is 8.22. The maximum absolute atomic E-state index is 5.46. The van der Waals surface area contributed by atoms with Gasteiger partial charge in [-0.05, 0) is 19.9 Å². The molecule has 98 valence electrons. The third-order valence-electron chi connectivity index (χ3n) is 2.35. The van der Waals surface area contributed by atoms with Crippen molar-refractivity contribution in [2.75, 3.05) is 40.1 Å². The molecule has 0 radical (unpaired) electrons. The molecule has 0 unspecified atom stereocenters. The van der Waals surface area contributed by atoms with Crippen molar-refractivity contribution in [3.05, 3.63) is 17.5 Å². The summed E-state index contributed by atoms with van der Waals surface area (Å²) in [4.78, 5) is 0. The summed E-state index contributed by atoms with van der Waals surface area (Å²) in [5.41, 5.74) is 2.22. The van der Waals surface area contributed by atoms with Crippen LogP contribution in [0.5, 0.6) is 0 Å². The number of hydrogen-bond donors (Lipinski definition) is 0. The summed E-state index contributed by atoms with van der Waals surface area (Å²) in [6.45, 7) is 7.97. The van der Waals surface area contributed by atoms with Crippen LogP contribution in [0.25, 0.3) is 0 Å². The maximum atomic E-state index is 5.46. The number of hydrogen-bond acceptors (Lipinski definition) is 4. The minimum atomic E-state index is 0.612. The van der Waals surface area contributed by atoms with E-state index in [2.05, 4.69) is 11.2 Å². The third kappa shape index (κ3) is 5.81. The number of rotatable bonds is 9. The molecule has 17 heavy (non-hydrogen) atoms. The molecule has 0 fully saturated rings. The first-order chi connectivity index (χ1) is 8.24. The summed E-state index contributed by atoms with van der Waals surface area (Å²) in [6.07, 6.45) is 0. The van der Waals surface area contributed by atoms with E-state index >= 15 is 0 Å². The van der Waals surface area contributed by atoms with Gasteiger partial charge in [-0.3, -0.25) is 4.68 Å². The van der Waals surface area contributed by atoms with Crippen molar-refractivity contribution in [3.8, 4) is 0 Å². The Balaban J connectivity index is 1.99. The molecule has 0 aliphatic carbocycles. The molecule has 0 saturated heterocycles. The Labute approximate surface area is 103 Å². The van der Waals surface area contributed by atoms with Gasteiger partial charge in [0.2, 0.25) is 0 Å². The van der Waals surface area contributed by atoms with Crippen LogP contribution < -0.4 is 0 Å². The molecule has 0 amide bonds. The predicted molar refractivity (Wildman–Crippen MR) is 65.2 cm³/mol. The lowest BCUT2D eigenvalue weighted by molar-refractivity contribution is 0.0224. The Morgan fingerprint density at radius 1 is 1.06 bits per heavy atom. The van der Waals surface area contributed by atoms with Crippen molar-refractivity contribution in [2.24, 2.45) is 0 Å². The Bertz CT molecular complexity index is 313. The second-order valence-corrected chi connectivity index (χ2v) is 3.87. The van der Waals surface area contributed by atoms with Gasteiger partial charge >= 0.3 is 0 Å². The van der Waals surface area contributed by atoms with Crippen LogP contribution in [0.4, 0.5) is 0 Å². The summed E-state index contributed by atoms with van der Waals surface area (Å²) in [7, 11) is 1.66. The van der Waals surface area contributed by atoms with Gasteiger partial charge in [0, 0.05) is 12.8 Å². The molecule has 1 heterocycles. The Morgan fingerprint density at radius 3 is 2.29 bits per heavy atom. The first-order valence-corrected chi connectivity index (χ1v) is 5.89. The van der Waals surface area contributed by atoms with E-state index in [0.29, 0.717) is 33.0 Å². The first kappa shape index (κ1) is 14.2. The van der Waals surface area contributed by atoms with E-state index in [0.717, 1.165) is 12.2 Å². The molecule has 5 nitrogen and oxygen atoms in total. The van der Waals surface area contributed by atoms with Gasteiger partial charge in [0.15, 0.2) is 0 Å². The van der Waals surface area contributed by atoms with Crippen LogP contribution in [0, 0.1) is 13.8 Å². The molecule has 5 heteroatoms. The van der Waals surface area contributed by atoms with Gasteiger partial charge in [-0.1, -0.05) is 0 Å². The zero-order valence-corrected chi connectivity index (χ0v) is 10.9. The van der Waals surface area contributed by atoms with E-state index in [9.17, 15) is 0 Å². The van der Waals surface area contributed by atoms with Gasteiger partial charge in [0.05, 0.1) is 45.3 Å². The molecular formula is C12H22N2O3. The minimum Gasteiger partial charge on any atom is -0.382 e. The van der Waals surface area contributed by atoms with Crippen molar-refractivity contribution >= 4 is 0 Å². The molecule has 0 N–H and O–H groups in total. The molecule has 1 aromatic rings. The smallest absolute Gasteiger partial charge is 0.0701 e. The van der Waals surface area contributed by atoms with E-state index in [4.69, 9.17) is 14.2 Å². The Morgan fingerprint density at radius 2 is 1.71 bits per heavy atom. The minimum absolute atomic E-state index is 0.612. The standard InChI is InChI=1S/C12H22N2O3/c1-11-10-12(2)14(13-11)4-5-16-8-9-17-7-6-15-3/h10H,4-9H2,1-3H3. The highest BCUT2D eigenvalue weighted by Gasteiger charge is 1.99. The summed E-state index contributed by atoms with van der Waals surface area (Å²) < 4.78 is 17.6. The number of aryl methyl sites for hydroxylation is 2. The quantitative estimate of drug-likeness (QED) is 0.610. The molecule has 1 aromatic heterocycles. The predicted octanol–water partition coefficient (Wildman–Crippen LogP) is 1.18. The Kier molecular flexibility index (Phi) is 6.84. The SMILES string of the molecule is COCCOCCOCCn1nc(C)cc1C. The lowest BCUT2D eigenvalue weighted by atomic mass is 10.4. The number of aromatic nitrogens is 2. The van der Waals surface area contributed by atoms with Crippen LogP contribution in [0.2, 0.25) is 0 Å². The molecule has 0 aliphatic heterocycles. The van der Waals surface area contributed by atoms with E-state index < -0.39 is 0 Å². The summed E-state index contributed by atoms with van der Waals surface area (Å²) in [6, 6.07) is 2.06. The zero-order valence-electron chi connectivity index (χ0n) is 10.9. The van der Waals surface area contributed by atoms with Crippen LogP contribution in [-0.2, 0) is 20.8 Å². The topological polar surface area (TPSA) is 45.5 Å². The highest BCUT2D eigenvalue weighted by molar-refractivity contribution is 5.06. The molecule has 0 bridgehead atoms. The lowest BCUT2D eigenvalue weighted by Crippen LogP contribution is -2.13. The monoisotopic (exact) mass is 242 g/mol. The van der Waals surface area contributed by atoms with Crippen LogP contribution in [0.3, 0.4) is 0 Å². The third-order valence-corrected chi connectivity index (χ3v) is 2.35. The van der Waals surface area contributed by atoms with Gasteiger partial charge in [-0.15, -0.1) is 0 Å². The normalized spacial score (nSPS) is 11.0. The van der Waals surface area contributed by atoms with E-state index in [-0.39, 0.29) is 0 Å². The van der Waals surface area contributed by atoms with Crippen LogP contribution in [0.15, 0.2) is 6.07 Å². The molecule has 0 saturated carbocycles. The fourth-order valence-electron chi connectivity index (χ4n) is 1.52. The van der Waals surface area contributed by atoms with Gasteiger partial charge in [-0.25, -0.2) is 0 Å². The largest absolute Gasteiger partial charge is 0.382 e. The van der Waals surface area contributed by atoms with Gasteiger partial charge in [-0.2, -0.15) is 5.10 Å². The molecule has 0 spiro atoms. The zero-order chi connectivity index (χ0) is 12.5. The molecule has 0 atom stereocenters. The summed E-state index contributed by atoms with van der Waals surface area (Å²) in [5.74, 6) is 0. The highest BCUT2D eigenvalue weighted by atomic mass is 16.5. The van der Waals surface area contributed by atoms with Crippen molar-refractivity contribution in [2.45, 2.75) is 20.4 Å². The van der Waals surface area contributed by atoms with Gasteiger partial charge in [0.25, 0.3) is 0 Å². The van der Waals surface area contributed by atoms with E-state index in [1.807, 2.05) is 18.5 Å². The number of ether oxygens (including phenoxy) is 3. The molecule has 0 aromatic carbocycles. The van der Waals surface area contributed by atoms with Crippen molar-refractivity contribution in [1.29, 1.82) is 0 Å². The van der Waals surface area contributed by atoms with Gasteiger partial charge in [0.1, 0.15) is 0 Å². The van der Waals surface area contributed by atoms with Crippen LogP contribution in [0.1, 0.15) is 11.4 Å². The number of nitrogens with zero attached hydrogens (tertiary/aromatic N) is 2. The van der Waals surface area contributed by atoms with Crippen LogP contribution >= 0.6 is 0 Å². The molecular weight excluding hydrogens is 220 g/mol. The van der Waals surface area contributed by atoms with E-state index in [1.54, 1.807) is 7.11 Å². The van der Waals surface area contributed by atoms with Crippen molar-refractivity contribution < 1.29 is 14.2 Å². The number of methoxy groups -OCH3 is 1. The van der Waals surface area contributed by atoms with E-state index in [1.165, 1.54) is 5.69 Å².